The molecule has 0 aromatic rings. The highest BCUT2D eigenvalue weighted by molar-refractivity contribution is 5.81. The molecule has 6 nitrogen and oxygen atoms in total. The van der Waals surface area contributed by atoms with Crippen molar-refractivity contribution in [2.24, 2.45) is 5.92 Å². The lowest BCUT2D eigenvalue weighted by Crippen LogP contribution is -2.53. The smallest absolute Gasteiger partial charge is 0.317 e. The van der Waals surface area contributed by atoms with Crippen LogP contribution in [0.4, 0.5) is 4.79 Å². The lowest BCUT2D eigenvalue weighted by atomic mass is 9.95. The van der Waals surface area contributed by atoms with Crippen LogP contribution in [0.25, 0.3) is 0 Å². The summed E-state index contributed by atoms with van der Waals surface area (Å²) in [6.45, 7) is 4.46. The second kappa shape index (κ2) is 8.19. The molecule has 0 radical (unpaired) electrons. The van der Waals surface area contributed by atoms with E-state index in [1.165, 1.54) is 12.8 Å². The van der Waals surface area contributed by atoms with E-state index in [1.807, 2.05) is 4.90 Å². The highest BCUT2D eigenvalue weighted by atomic mass is 16.2. The van der Waals surface area contributed by atoms with Crippen molar-refractivity contribution in [2.45, 2.75) is 76.4 Å². The van der Waals surface area contributed by atoms with Gasteiger partial charge in [0.25, 0.3) is 0 Å². The summed E-state index contributed by atoms with van der Waals surface area (Å²) in [7, 11) is 0. The van der Waals surface area contributed by atoms with Gasteiger partial charge in [-0.25, -0.2) is 4.79 Å². The van der Waals surface area contributed by atoms with Gasteiger partial charge in [-0.3, -0.25) is 4.79 Å². The SMILES string of the molecule is CC1CC(NC(=O)C2CCCN(C(=O)NC3CCCC3)C2)CCN1. The Kier molecular flexibility index (Phi) is 5.98. The summed E-state index contributed by atoms with van der Waals surface area (Å²) < 4.78 is 0. The van der Waals surface area contributed by atoms with Gasteiger partial charge in [-0.05, 0) is 52.0 Å². The van der Waals surface area contributed by atoms with Gasteiger partial charge in [0.05, 0.1) is 5.92 Å². The molecule has 3 N–H and O–H groups in total. The maximum absolute atomic E-state index is 12.6. The Morgan fingerprint density at radius 1 is 1.00 bits per heavy atom. The molecular formula is C18H32N4O2. The van der Waals surface area contributed by atoms with E-state index in [0.717, 1.165) is 51.6 Å². The summed E-state index contributed by atoms with van der Waals surface area (Å²) in [5, 5.41) is 9.77. The Morgan fingerprint density at radius 3 is 2.54 bits per heavy atom. The van der Waals surface area contributed by atoms with Crippen LogP contribution in [0.1, 0.15) is 58.3 Å². The number of hydrogen-bond donors (Lipinski definition) is 3. The topological polar surface area (TPSA) is 73.5 Å². The molecule has 24 heavy (non-hydrogen) atoms. The van der Waals surface area contributed by atoms with Gasteiger partial charge < -0.3 is 20.9 Å². The minimum atomic E-state index is -0.0572. The Bertz CT molecular complexity index is 450. The second-order valence-electron chi connectivity index (χ2n) is 7.80. The molecule has 136 valence electrons. The lowest BCUT2D eigenvalue weighted by Gasteiger charge is -2.35. The molecule has 3 fully saturated rings. The van der Waals surface area contributed by atoms with Crippen molar-refractivity contribution < 1.29 is 9.59 Å². The molecule has 0 aromatic heterocycles. The van der Waals surface area contributed by atoms with Gasteiger partial charge in [0.1, 0.15) is 0 Å². The van der Waals surface area contributed by atoms with E-state index in [0.29, 0.717) is 18.6 Å². The van der Waals surface area contributed by atoms with Crippen LogP contribution >= 0.6 is 0 Å². The lowest BCUT2D eigenvalue weighted by molar-refractivity contribution is -0.127. The number of hydrogen-bond acceptors (Lipinski definition) is 3. The van der Waals surface area contributed by atoms with Crippen LogP contribution in [0.5, 0.6) is 0 Å². The van der Waals surface area contributed by atoms with Gasteiger partial charge in [0.15, 0.2) is 0 Å². The fraction of sp³-hybridized carbons (Fsp3) is 0.889. The fourth-order valence-electron chi connectivity index (χ4n) is 4.29. The van der Waals surface area contributed by atoms with E-state index in [9.17, 15) is 9.59 Å². The average molecular weight is 336 g/mol. The molecule has 2 saturated heterocycles. The van der Waals surface area contributed by atoms with Crippen molar-refractivity contribution in [2.75, 3.05) is 19.6 Å². The highest BCUT2D eigenvalue weighted by Crippen LogP contribution is 2.21. The number of carbonyl (C=O) groups is 2. The molecule has 0 spiro atoms. The molecule has 2 aliphatic heterocycles. The van der Waals surface area contributed by atoms with Crippen LogP contribution in [0.3, 0.4) is 0 Å². The first-order valence-electron chi connectivity index (χ1n) is 9.71. The molecule has 2 heterocycles. The number of rotatable bonds is 3. The van der Waals surface area contributed by atoms with E-state index < -0.39 is 0 Å². The first-order valence-corrected chi connectivity index (χ1v) is 9.71. The summed E-state index contributed by atoms with van der Waals surface area (Å²) in [6, 6.07) is 1.10. The van der Waals surface area contributed by atoms with Crippen LogP contribution in [0, 0.1) is 5.92 Å². The zero-order chi connectivity index (χ0) is 16.9. The minimum Gasteiger partial charge on any atom is -0.353 e. The Morgan fingerprint density at radius 2 is 1.79 bits per heavy atom. The third-order valence-corrected chi connectivity index (χ3v) is 5.73. The molecule has 3 unspecified atom stereocenters. The monoisotopic (exact) mass is 336 g/mol. The quantitative estimate of drug-likeness (QED) is 0.733. The first kappa shape index (κ1) is 17.5. The molecule has 1 saturated carbocycles. The number of carbonyl (C=O) groups excluding carboxylic acids is 2. The zero-order valence-corrected chi connectivity index (χ0v) is 14.9. The molecule has 3 rings (SSSR count). The van der Waals surface area contributed by atoms with Gasteiger partial charge in [-0.2, -0.15) is 0 Å². The van der Waals surface area contributed by atoms with Crippen LogP contribution in [-0.2, 0) is 4.79 Å². The molecule has 0 aromatic carbocycles. The standard InChI is InChI=1S/C18H32N4O2/c1-13-11-16(8-9-19-13)20-17(23)14-5-4-10-22(12-14)18(24)21-15-6-2-3-7-15/h13-16,19H,2-12H2,1H3,(H,20,23)(H,21,24). The number of likely N-dealkylation sites (tertiary alicyclic amines) is 1. The van der Waals surface area contributed by atoms with Crippen LogP contribution in [-0.4, -0.2) is 54.6 Å². The number of urea groups is 1. The van der Waals surface area contributed by atoms with Gasteiger partial charge in [0.2, 0.25) is 5.91 Å². The van der Waals surface area contributed by atoms with E-state index in [1.54, 1.807) is 0 Å². The van der Waals surface area contributed by atoms with Crippen molar-refractivity contribution in [3.63, 3.8) is 0 Å². The number of nitrogens with zero attached hydrogens (tertiary/aromatic N) is 1. The number of amides is 3. The third kappa shape index (κ3) is 4.62. The predicted molar refractivity (Wildman–Crippen MR) is 93.7 cm³/mol. The first-order chi connectivity index (χ1) is 11.6. The normalized spacial score (nSPS) is 31.7. The molecule has 1 aliphatic carbocycles. The average Bonchev–Trinajstić information content (AvgIpc) is 3.08. The van der Waals surface area contributed by atoms with Crippen molar-refractivity contribution in [3.8, 4) is 0 Å². The summed E-state index contributed by atoms with van der Waals surface area (Å²) >= 11 is 0. The van der Waals surface area contributed by atoms with Crippen molar-refractivity contribution in [1.82, 2.24) is 20.9 Å². The van der Waals surface area contributed by atoms with E-state index in [4.69, 9.17) is 0 Å². The molecule has 3 atom stereocenters. The van der Waals surface area contributed by atoms with Crippen LogP contribution in [0.15, 0.2) is 0 Å². The Labute approximate surface area is 145 Å². The van der Waals surface area contributed by atoms with E-state index >= 15 is 0 Å². The number of piperidine rings is 2. The summed E-state index contributed by atoms with van der Waals surface area (Å²) in [5.41, 5.74) is 0. The minimum absolute atomic E-state index is 0.0230. The molecular weight excluding hydrogens is 304 g/mol. The maximum atomic E-state index is 12.6. The van der Waals surface area contributed by atoms with Gasteiger partial charge in [-0.15, -0.1) is 0 Å². The maximum Gasteiger partial charge on any atom is 0.317 e. The molecule has 3 amide bonds. The summed E-state index contributed by atoms with van der Waals surface area (Å²) in [5.74, 6) is 0.0748. The Balaban J connectivity index is 1.47. The van der Waals surface area contributed by atoms with Crippen LogP contribution < -0.4 is 16.0 Å². The third-order valence-electron chi connectivity index (χ3n) is 5.73. The summed E-state index contributed by atoms with van der Waals surface area (Å²) in [6.07, 6.45) is 8.40. The number of nitrogens with one attached hydrogen (secondary N) is 3. The zero-order valence-electron chi connectivity index (χ0n) is 14.9. The largest absolute Gasteiger partial charge is 0.353 e. The summed E-state index contributed by atoms with van der Waals surface area (Å²) in [4.78, 5) is 26.9. The van der Waals surface area contributed by atoms with E-state index in [-0.39, 0.29) is 23.9 Å². The molecule has 3 aliphatic rings. The second-order valence-corrected chi connectivity index (χ2v) is 7.80. The highest BCUT2D eigenvalue weighted by Gasteiger charge is 2.31. The predicted octanol–water partition coefficient (Wildman–Crippen LogP) is 1.61. The molecule has 6 heteroatoms. The van der Waals surface area contributed by atoms with Crippen LogP contribution in [0.2, 0.25) is 0 Å². The fourth-order valence-corrected chi connectivity index (χ4v) is 4.29. The van der Waals surface area contributed by atoms with Gasteiger partial charge >= 0.3 is 6.03 Å². The van der Waals surface area contributed by atoms with Crippen molar-refractivity contribution >= 4 is 11.9 Å². The van der Waals surface area contributed by atoms with Gasteiger partial charge in [-0.1, -0.05) is 12.8 Å². The van der Waals surface area contributed by atoms with Crippen molar-refractivity contribution in [1.29, 1.82) is 0 Å². The van der Waals surface area contributed by atoms with E-state index in [2.05, 4.69) is 22.9 Å². The van der Waals surface area contributed by atoms with Gasteiger partial charge in [0, 0.05) is 31.2 Å². The molecule has 0 bridgehead atoms. The van der Waals surface area contributed by atoms with Crippen molar-refractivity contribution in [3.05, 3.63) is 0 Å². The Hall–Kier alpha value is -1.30.